The molecule has 1 nitrogen and oxygen atoms in total. The van der Waals surface area contributed by atoms with E-state index in [2.05, 4.69) is 96.8 Å². The quantitative estimate of drug-likeness (QED) is 0.450. The molecule has 4 aromatic rings. The molecule has 0 saturated heterocycles. The summed E-state index contributed by atoms with van der Waals surface area (Å²) >= 11 is 0. The first-order valence-electron chi connectivity index (χ1n) is 8.78. The van der Waals surface area contributed by atoms with Gasteiger partial charge >= 0.3 is 0 Å². The van der Waals surface area contributed by atoms with E-state index in [0.29, 0.717) is 5.92 Å². The van der Waals surface area contributed by atoms with Gasteiger partial charge in [0.2, 0.25) is 0 Å². The fraction of sp³-hybridized carbons (Fsp3) is 0.125. The third-order valence-electron chi connectivity index (χ3n) is 4.94. The summed E-state index contributed by atoms with van der Waals surface area (Å²) < 4.78 is 0. The van der Waals surface area contributed by atoms with E-state index in [1.807, 2.05) is 6.20 Å². The van der Waals surface area contributed by atoms with E-state index in [1.54, 1.807) is 0 Å². The summed E-state index contributed by atoms with van der Waals surface area (Å²) in [5.74, 6) is 0.368. The van der Waals surface area contributed by atoms with E-state index in [1.165, 1.54) is 27.5 Å². The molecule has 0 bridgehead atoms. The number of hydrogen-bond donors (Lipinski definition) is 0. The molecule has 0 N–H and O–H groups in total. The molecule has 1 heteroatoms. The minimum Gasteiger partial charge on any atom is -0.260 e. The smallest absolute Gasteiger partial charge is 0.0525 e. The lowest BCUT2D eigenvalue weighted by Crippen LogP contribution is -2.03. The number of aromatic nitrogens is 1. The molecule has 0 amide bonds. The molecule has 0 aliphatic carbocycles. The Hall–Kier alpha value is -2.93. The maximum atomic E-state index is 4.68. The maximum absolute atomic E-state index is 4.68. The Morgan fingerprint density at radius 3 is 2.36 bits per heavy atom. The first-order valence-corrected chi connectivity index (χ1v) is 8.78. The predicted octanol–water partition coefficient (Wildman–Crippen LogP) is 5.98. The molecule has 122 valence electrons. The van der Waals surface area contributed by atoms with Crippen LogP contribution in [-0.2, 0) is 6.42 Å². The predicted molar refractivity (Wildman–Crippen MR) is 105 cm³/mol. The van der Waals surface area contributed by atoms with Crippen molar-refractivity contribution < 1.29 is 0 Å². The van der Waals surface area contributed by atoms with Gasteiger partial charge in [-0.1, -0.05) is 85.8 Å². The van der Waals surface area contributed by atoms with Gasteiger partial charge in [-0.2, -0.15) is 0 Å². The molecule has 1 atom stereocenters. The van der Waals surface area contributed by atoms with Crippen LogP contribution in [0.4, 0.5) is 0 Å². The maximum Gasteiger partial charge on any atom is 0.0525 e. The highest BCUT2D eigenvalue weighted by atomic mass is 14.7. The third-order valence-corrected chi connectivity index (χ3v) is 4.94. The second kappa shape index (κ2) is 6.90. The van der Waals surface area contributed by atoms with E-state index in [0.717, 1.165) is 12.1 Å². The summed E-state index contributed by atoms with van der Waals surface area (Å²) in [5.41, 5.74) is 5.22. The molecule has 4 rings (SSSR count). The van der Waals surface area contributed by atoms with Crippen LogP contribution in [0.2, 0.25) is 0 Å². The van der Waals surface area contributed by atoms with Crippen molar-refractivity contribution in [3.63, 3.8) is 0 Å². The fourth-order valence-corrected chi connectivity index (χ4v) is 3.54. The van der Waals surface area contributed by atoms with Crippen molar-refractivity contribution >= 4 is 10.8 Å². The average molecular weight is 323 g/mol. The second-order valence-corrected chi connectivity index (χ2v) is 6.49. The minimum atomic E-state index is 0.368. The lowest BCUT2D eigenvalue weighted by atomic mass is 9.88. The van der Waals surface area contributed by atoms with Gasteiger partial charge in [-0.05, 0) is 28.1 Å². The summed E-state index contributed by atoms with van der Waals surface area (Å²) in [4.78, 5) is 4.68. The highest BCUT2D eigenvalue weighted by Gasteiger charge is 2.13. The summed E-state index contributed by atoms with van der Waals surface area (Å²) in [6, 6.07) is 30.0. The summed E-state index contributed by atoms with van der Waals surface area (Å²) in [6.07, 6.45) is 2.77. The SMILES string of the molecule is CC(c1ccccc1)c1ccccc1Cc1nccc2ccccc12. The van der Waals surface area contributed by atoms with Crippen molar-refractivity contribution in [3.8, 4) is 0 Å². The van der Waals surface area contributed by atoms with Gasteiger partial charge in [0.15, 0.2) is 0 Å². The summed E-state index contributed by atoms with van der Waals surface area (Å²) in [6.45, 7) is 2.28. The van der Waals surface area contributed by atoms with Gasteiger partial charge in [0, 0.05) is 23.9 Å². The van der Waals surface area contributed by atoms with E-state index in [-0.39, 0.29) is 0 Å². The fourth-order valence-electron chi connectivity index (χ4n) is 3.54. The standard InChI is InChI=1S/C24H21N/c1-18(19-9-3-2-4-10-19)22-13-7-6-12-21(22)17-24-23-14-8-5-11-20(23)15-16-25-24/h2-16,18H,17H2,1H3. The molecule has 0 aliphatic heterocycles. The number of fused-ring (bicyclic) bond motifs is 1. The molecule has 25 heavy (non-hydrogen) atoms. The van der Waals surface area contributed by atoms with Crippen molar-refractivity contribution in [3.05, 3.63) is 114 Å². The van der Waals surface area contributed by atoms with E-state index in [4.69, 9.17) is 0 Å². The molecule has 1 aromatic heterocycles. The normalized spacial score (nSPS) is 12.2. The van der Waals surface area contributed by atoms with Gasteiger partial charge in [0.25, 0.3) is 0 Å². The molecule has 0 aliphatic rings. The van der Waals surface area contributed by atoms with Gasteiger partial charge in [-0.15, -0.1) is 0 Å². The van der Waals surface area contributed by atoms with Gasteiger partial charge in [-0.3, -0.25) is 4.98 Å². The van der Waals surface area contributed by atoms with Crippen LogP contribution in [0.5, 0.6) is 0 Å². The van der Waals surface area contributed by atoms with Crippen molar-refractivity contribution in [1.82, 2.24) is 4.98 Å². The Kier molecular flexibility index (Phi) is 4.30. The number of benzene rings is 3. The monoisotopic (exact) mass is 323 g/mol. The topological polar surface area (TPSA) is 12.9 Å². The van der Waals surface area contributed by atoms with Crippen molar-refractivity contribution in [2.75, 3.05) is 0 Å². The first-order chi connectivity index (χ1) is 12.3. The molecular formula is C24H21N. The highest BCUT2D eigenvalue weighted by Crippen LogP contribution is 2.29. The second-order valence-electron chi connectivity index (χ2n) is 6.49. The first kappa shape index (κ1) is 15.6. The number of pyridine rings is 1. The van der Waals surface area contributed by atoms with Crippen LogP contribution in [0.1, 0.15) is 35.2 Å². The van der Waals surface area contributed by atoms with Crippen molar-refractivity contribution in [2.24, 2.45) is 0 Å². The average Bonchev–Trinajstić information content (AvgIpc) is 2.69. The molecule has 3 aromatic carbocycles. The lowest BCUT2D eigenvalue weighted by molar-refractivity contribution is 0.895. The van der Waals surface area contributed by atoms with Crippen LogP contribution in [0.15, 0.2) is 91.1 Å². The molecule has 1 unspecified atom stereocenters. The van der Waals surface area contributed by atoms with Crippen molar-refractivity contribution in [1.29, 1.82) is 0 Å². The zero-order valence-corrected chi connectivity index (χ0v) is 14.4. The summed E-state index contributed by atoms with van der Waals surface area (Å²) in [7, 11) is 0. The largest absolute Gasteiger partial charge is 0.260 e. The van der Waals surface area contributed by atoms with Crippen LogP contribution in [0, 0.1) is 0 Å². The number of rotatable bonds is 4. The molecule has 1 heterocycles. The zero-order valence-electron chi connectivity index (χ0n) is 14.4. The molecule has 0 spiro atoms. The van der Waals surface area contributed by atoms with Crippen molar-refractivity contribution in [2.45, 2.75) is 19.3 Å². The van der Waals surface area contributed by atoms with Crippen LogP contribution in [0.25, 0.3) is 10.8 Å². The van der Waals surface area contributed by atoms with E-state index < -0.39 is 0 Å². The van der Waals surface area contributed by atoms with Gasteiger partial charge in [0.1, 0.15) is 0 Å². The Labute approximate surface area is 149 Å². The Morgan fingerprint density at radius 2 is 1.48 bits per heavy atom. The molecule has 0 radical (unpaired) electrons. The van der Waals surface area contributed by atoms with Gasteiger partial charge in [0.05, 0.1) is 5.69 Å². The highest BCUT2D eigenvalue weighted by molar-refractivity contribution is 5.84. The lowest BCUT2D eigenvalue weighted by Gasteiger charge is -2.17. The Morgan fingerprint density at radius 1 is 0.760 bits per heavy atom. The van der Waals surface area contributed by atoms with Gasteiger partial charge < -0.3 is 0 Å². The third kappa shape index (κ3) is 3.18. The molecule has 0 fully saturated rings. The molecular weight excluding hydrogens is 302 g/mol. The van der Waals surface area contributed by atoms with Crippen LogP contribution < -0.4 is 0 Å². The Bertz CT molecular complexity index is 984. The van der Waals surface area contributed by atoms with Crippen LogP contribution >= 0.6 is 0 Å². The Balaban J connectivity index is 1.74. The summed E-state index contributed by atoms with van der Waals surface area (Å²) in [5, 5.41) is 2.49. The van der Waals surface area contributed by atoms with Gasteiger partial charge in [-0.25, -0.2) is 0 Å². The zero-order chi connectivity index (χ0) is 17.1. The minimum absolute atomic E-state index is 0.368. The number of hydrogen-bond acceptors (Lipinski definition) is 1. The van der Waals surface area contributed by atoms with E-state index in [9.17, 15) is 0 Å². The molecule has 0 saturated carbocycles. The van der Waals surface area contributed by atoms with Crippen LogP contribution in [0.3, 0.4) is 0 Å². The number of nitrogens with zero attached hydrogens (tertiary/aromatic N) is 1. The van der Waals surface area contributed by atoms with Crippen LogP contribution in [-0.4, -0.2) is 4.98 Å². The van der Waals surface area contributed by atoms with E-state index >= 15 is 0 Å².